The van der Waals surface area contributed by atoms with Gasteiger partial charge in [-0.05, 0) is 49.2 Å². The van der Waals surface area contributed by atoms with Gasteiger partial charge in [-0.25, -0.2) is 13.1 Å². The molecule has 1 N–H and O–H groups in total. The van der Waals surface area contributed by atoms with Crippen LogP contribution < -0.4 is 9.62 Å². The van der Waals surface area contributed by atoms with Crippen LogP contribution in [0.15, 0.2) is 53.4 Å². The van der Waals surface area contributed by atoms with E-state index >= 15 is 0 Å². The number of carbonyl (C=O) groups excluding carboxylic acids is 1. The van der Waals surface area contributed by atoms with Crippen molar-refractivity contribution in [3.63, 3.8) is 0 Å². The summed E-state index contributed by atoms with van der Waals surface area (Å²) in [6, 6.07) is 13.6. The van der Waals surface area contributed by atoms with Gasteiger partial charge in [0.2, 0.25) is 10.0 Å². The average Bonchev–Trinajstić information content (AvgIpc) is 2.80. The summed E-state index contributed by atoms with van der Waals surface area (Å²) in [6.45, 7) is 3.66. The summed E-state index contributed by atoms with van der Waals surface area (Å²) in [5, 5.41) is 0.498. The topological polar surface area (TPSA) is 79.0 Å². The number of anilines is 1. The maximum Gasteiger partial charge on any atom is 0.256 e. The van der Waals surface area contributed by atoms with E-state index in [9.17, 15) is 13.2 Å². The van der Waals surface area contributed by atoms with Crippen LogP contribution in [0.1, 0.15) is 23.2 Å². The zero-order valence-corrected chi connectivity index (χ0v) is 18.7. The highest BCUT2D eigenvalue weighted by molar-refractivity contribution is 7.89. The van der Waals surface area contributed by atoms with E-state index in [0.29, 0.717) is 62.8 Å². The minimum absolute atomic E-state index is 0.0180. The number of benzene rings is 2. The summed E-state index contributed by atoms with van der Waals surface area (Å²) >= 11 is 5.86. The first-order chi connectivity index (χ1) is 14.9. The van der Waals surface area contributed by atoms with Crippen molar-refractivity contribution >= 4 is 33.2 Å². The fourth-order valence-electron chi connectivity index (χ4n) is 4.01. The Labute approximate surface area is 188 Å². The maximum absolute atomic E-state index is 13.0. The van der Waals surface area contributed by atoms with E-state index in [2.05, 4.69) is 9.62 Å². The smallest absolute Gasteiger partial charge is 0.256 e. The Morgan fingerprint density at radius 1 is 0.968 bits per heavy atom. The van der Waals surface area contributed by atoms with E-state index in [0.717, 1.165) is 5.69 Å². The number of carbonyl (C=O) groups is 1. The minimum Gasteiger partial charge on any atom is -0.378 e. The Bertz CT molecular complexity index is 1020. The molecule has 0 bridgehead atoms. The molecule has 7 nitrogen and oxygen atoms in total. The lowest BCUT2D eigenvalue weighted by molar-refractivity contribution is 0.0303. The highest BCUT2D eigenvalue weighted by atomic mass is 35.5. The van der Waals surface area contributed by atoms with Crippen molar-refractivity contribution < 1.29 is 17.9 Å². The molecule has 4 rings (SSSR count). The molecule has 2 aliphatic heterocycles. The molecule has 2 aromatic rings. The largest absolute Gasteiger partial charge is 0.378 e. The third-order valence-electron chi connectivity index (χ3n) is 5.71. The number of amides is 1. The number of hydrogen-bond acceptors (Lipinski definition) is 5. The molecule has 2 saturated heterocycles. The van der Waals surface area contributed by atoms with Gasteiger partial charge in [0.05, 0.1) is 23.7 Å². The van der Waals surface area contributed by atoms with E-state index in [-0.39, 0.29) is 16.8 Å². The Kier molecular flexibility index (Phi) is 6.81. The van der Waals surface area contributed by atoms with Gasteiger partial charge < -0.3 is 14.5 Å². The van der Waals surface area contributed by atoms with Crippen LogP contribution in [0.3, 0.4) is 0 Å². The molecule has 2 heterocycles. The Morgan fingerprint density at radius 2 is 1.61 bits per heavy atom. The van der Waals surface area contributed by atoms with E-state index in [1.807, 2.05) is 29.2 Å². The minimum atomic E-state index is -3.59. The molecule has 0 unspecified atom stereocenters. The van der Waals surface area contributed by atoms with Crippen molar-refractivity contribution in [1.29, 1.82) is 0 Å². The van der Waals surface area contributed by atoms with Crippen LogP contribution in [0.5, 0.6) is 0 Å². The number of piperidine rings is 1. The fraction of sp³-hybridized carbons (Fsp3) is 0.409. The van der Waals surface area contributed by atoms with E-state index < -0.39 is 10.0 Å². The first kappa shape index (κ1) is 22.1. The molecule has 2 fully saturated rings. The SMILES string of the molecule is O=C(c1ccccc1N1CCC(NS(=O)(=O)c2ccc(Cl)cc2)CC1)N1CCOCC1. The summed E-state index contributed by atoms with van der Waals surface area (Å²) in [6.07, 6.45) is 1.32. The number of hydrogen-bond donors (Lipinski definition) is 1. The number of para-hydroxylation sites is 1. The van der Waals surface area contributed by atoms with Crippen LogP contribution in [0.4, 0.5) is 5.69 Å². The van der Waals surface area contributed by atoms with Crippen LogP contribution >= 0.6 is 11.6 Å². The van der Waals surface area contributed by atoms with Gasteiger partial charge in [-0.2, -0.15) is 0 Å². The van der Waals surface area contributed by atoms with Gasteiger partial charge in [0.1, 0.15) is 0 Å². The van der Waals surface area contributed by atoms with E-state index in [1.54, 1.807) is 12.1 Å². The molecule has 31 heavy (non-hydrogen) atoms. The number of morpholine rings is 1. The summed E-state index contributed by atoms with van der Waals surface area (Å²) in [5.74, 6) is 0.0180. The molecule has 2 aliphatic rings. The lowest BCUT2D eigenvalue weighted by Gasteiger charge is -2.35. The third kappa shape index (κ3) is 5.20. The molecular weight excluding hydrogens is 438 g/mol. The van der Waals surface area contributed by atoms with Gasteiger partial charge in [-0.3, -0.25) is 4.79 Å². The second-order valence-electron chi connectivity index (χ2n) is 7.76. The summed E-state index contributed by atoms with van der Waals surface area (Å²) in [5.41, 5.74) is 1.59. The molecule has 0 aromatic heterocycles. The van der Waals surface area contributed by atoms with Gasteiger partial charge in [-0.1, -0.05) is 23.7 Å². The van der Waals surface area contributed by atoms with Crippen molar-refractivity contribution in [2.75, 3.05) is 44.3 Å². The molecule has 166 valence electrons. The van der Waals surface area contributed by atoms with Gasteiger partial charge in [0, 0.05) is 42.9 Å². The van der Waals surface area contributed by atoms with Crippen molar-refractivity contribution in [2.24, 2.45) is 0 Å². The summed E-state index contributed by atoms with van der Waals surface area (Å²) in [4.78, 5) is 17.2. The van der Waals surface area contributed by atoms with Gasteiger partial charge >= 0.3 is 0 Å². The molecule has 1 amide bonds. The van der Waals surface area contributed by atoms with Crippen LogP contribution in [-0.2, 0) is 14.8 Å². The Hall–Kier alpha value is -2.13. The molecule has 0 aliphatic carbocycles. The number of rotatable bonds is 5. The van der Waals surface area contributed by atoms with Crippen LogP contribution in [0, 0.1) is 0 Å². The maximum atomic E-state index is 13.0. The van der Waals surface area contributed by atoms with Crippen molar-refractivity contribution in [1.82, 2.24) is 9.62 Å². The fourth-order valence-corrected chi connectivity index (χ4v) is 5.44. The normalized spacial score (nSPS) is 18.2. The number of ether oxygens (including phenoxy) is 1. The van der Waals surface area contributed by atoms with Crippen molar-refractivity contribution in [3.05, 3.63) is 59.1 Å². The first-order valence-corrected chi connectivity index (χ1v) is 12.3. The highest BCUT2D eigenvalue weighted by Gasteiger charge is 2.28. The zero-order chi connectivity index (χ0) is 21.8. The lowest BCUT2D eigenvalue weighted by atomic mass is 10.0. The van der Waals surface area contributed by atoms with Gasteiger partial charge in [-0.15, -0.1) is 0 Å². The average molecular weight is 464 g/mol. The quantitative estimate of drug-likeness (QED) is 0.737. The van der Waals surface area contributed by atoms with Crippen LogP contribution in [0.2, 0.25) is 5.02 Å². The summed E-state index contributed by atoms with van der Waals surface area (Å²) < 4.78 is 33.5. The monoisotopic (exact) mass is 463 g/mol. The molecule has 9 heteroatoms. The first-order valence-electron chi connectivity index (χ1n) is 10.4. The number of nitrogens with zero attached hydrogens (tertiary/aromatic N) is 2. The predicted octanol–water partition coefficient (Wildman–Crippen LogP) is 2.76. The van der Waals surface area contributed by atoms with Crippen molar-refractivity contribution in [2.45, 2.75) is 23.8 Å². The molecule has 0 radical (unpaired) electrons. The van der Waals surface area contributed by atoms with Crippen LogP contribution in [-0.4, -0.2) is 64.7 Å². The predicted molar refractivity (Wildman–Crippen MR) is 120 cm³/mol. The van der Waals surface area contributed by atoms with Crippen LogP contribution in [0.25, 0.3) is 0 Å². The standard InChI is InChI=1S/C22H26ClN3O4S/c23-17-5-7-19(8-6-17)31(28,29)24-18-9-11-25(12-10-18)21-4-2-1-3-20(21)22(27)26-13-15-30-16-14-26/h1-8,18,24H,9-16H2. The molecule has 0 atom stereocenters. The Balaban J connectivity index is 1.41. The lowest BCUT2D eigenvalue weighted by Crippen LogP contribution is -2.45. The Morgan fingerprint density at radius 3 is 2.29 bits per heavy atom. The van der Waals surface area contributed by atoms with Crippen molar-refractivity contribution in [3.8, 4) is 0 Å². The molecule has 2 aromatic carbocycles. The number of halogens is 1. The molecule has 0 spiro atoms. The van der Waals surface area contributed by atoms with Gasteiger partial charge in [0.25, 0.3) is 5.91 Å². The number of sulfonamides is 1. The molecule has 0 saturated carbocycles. The summed E-state index contributed by atoms with van der Waals surface area (Å²) in [7, 11) is -3.59. The van der Waals surface area contributed by atoms with E-state index in [1.165, 1.54) is 12.1 Å². The second kappa shape index (κ2) is 9.56. The molecular formula is C22H26ClN3O4S. The second-order valence-corrected chi connectivity index (χ2v) is 9.91. The third-order valence-corrected chi connectivity index (χ3v) is 7.50. The van der Waals surface area contributed by atoms with Gasteiger partial charge in [0.15, 0.2) is 0 Å². The number of nitrogens with one attached hydrogen (secondary N) is 1. The highest BCUT2D eigenvalue weighted by Crippen LogP contribution is 2.26. The van der Waals surface area contributed by atoms with E-state index in [4.69, 9.17) is 16.3 Å². The zero-order valence-electron chi connectivity index (χ0n) is 17.2.